The van der Waals surface area contributed by atoms with Crippen molar-refractivity contribution in [2.45, 2.75) is 31.6 Å². The van der Waals surface area contributed by atoms with Crippen LogP contribution in [0.1, 0.15) is 36.3 Å². The van der Waals surface area contributed by atoms with Crippen LogP contribution < -0.4 is 5.32 Å². The summed E-state index contributed by atoms with van der Waals surface area (Å²) in [5, 5.41) is 3.51. The maximum absolute atomic E-state index is 13.3. The Bertz CT molecular complexity index is 767. The third-order valence-corrected chi connectivity index (χ3v) is 6.47. The first-order chi connectivity index (χ1) is 13.2. The number of amides is 1. The highest BCUT2D eigenvalue weighted by atomic mass is 19.1. The van der Waals surface area contributed by atoms with Gasteiger partial charge in [0.1, 0.15) is 5.82 Å². The van der Waals surface area contributed by atoms with Gasteiger partial charge in [-0.25, -0.2) is 4.39 Å². The summed E-state index contributed by atoms with van der Waals surface area (Å²) < 4.78 is 13.3. The normalized spacial score (nSPS) is 22.0. The largest absolute Gasteiger partial charge is 0.342 e. The van der Waals surface area contributed by atoms with Gasteiger partial charge in [-0.3, -0.25) is 4.79 Å². The fourth-order valence-corrected chi connectivity index (χ4v) is 4.82. The molecule has 4 rings (SSSR count). The smallest absolute Gasteiger partial charge is 0.226 e. The second-order valence-electron chi connectivity index (χ2n) is 7.96. The van der Waals surface area contributed by atoms with Crippen molar-refractivity contribution in [1.29, 1.82) is 0 Å². The second kappa shape index (κ2) is 7.81. The molecule has 0 unspecified atom stereocenters. The van der Waals surface area contributed by atoms with E-state index >= 15 is 0 Å². The molecule has 142 valence electrons. The van der Waals surface area contributed by atoms with Crippen LogP contribution in [0.4, 0.5) is 4.39 Å². The number of hydrogen-bond acceptors (Lipinski definition) is 2. The second-order valence-corrected chi connectivity index (χ2v) is 7.96. The topological polar surface area (TPSA) is 32.3 Å². The van der Waals surface area contributed by atoms with Crippen LogP contribution in [0.25, 0.3) is 0 Å². The molecule has 0 aliphatic carbocycles. The summed E-state index contributed by atoms with van der Waals surface area (Å²) in [5.74, 6) is 0.430. The fourth-order valence-electron chi connectivity index (χ4n) is 4.82. The predicted octanol–water partition coefficient (Wildman–Crippen LogP) is 3.75. The van der Waals surface area contributed by atoms with Crippen molar-refractivity contribution in [3.63, 3.8) is 0 Å². The van der Waals surface area contributed by atoms with Gasteiger partial charge in [-0.2, -0.15) is 0 Å². The molecule has 2 aliphatic rings. The molecule has 2 aliphatic heterocycles. The predicted molar refractivity (Wildman–Crippen MR) is 105 cm³/mol. The first-order valence-corrected chi connectivity index (χ1v) is 9.94. The molecule has 2 aromatic carbocycles. The van der Waals surface area contributed by atoms with Crippen LogP contribution in [-0.2, 0) is 11.2 Å². The molecule has 2 fully saturated rings. The number of rotatable bonds is 3. The van der Waals surface area contributed by atoms with Gasteiger partial charge in [0.15, 0.2) is 0 Å². The summed E-state index contributed by atoms with van der Waals surface area (Å²) in [6.45, 7) is 3.60. The van der Waals surface area contributed by atoms with E-state index in [1.165, 1.54) is 5.56 Å². The van der Waals surface area contributed by atoms with Gasteiger partial charge < -0.3 is 10.2 Å². The first kappa shape index (κ1) is 18.2. The van der Waals surface area contributed by atoms with Gasteiger partial charge in [-0.05, 0) is 54.5 Å². The van der Waals surface area contributed by atoms with Crippen molar-refractivity contribution < 1.29 is 9.18 Å². The number of likely N-dealkylation sites (tertiary alicyclic amines) is 1. The minimum Gasteiger partial charge on any atom is -0.342 e. The molecule has 4 heteroatoms. The summed E-state index contributed by atoms with van der Waals surface area (Å²) in [7, 11) is 0. The van der Waals surface area contributed by atoms with Gasteiger partial charge in [0.05, 0.1) is 6.42 Å². The average Bonchev–Trinajstić information content (AvgIpc) is 2.70. The zero-order valence-corrected chi connectivity index (χ0v) is 15.7. The molecular weight excluding hydrogens is 339 g/mol. The Morgan fingerprint density at radius 3 is 2.44 bits per heavy atom. The monoisotopic (exact) mass is 366 g/mol. The Morgan fingerprint density at radius 1 is 1.04 bits per heavy atom. The van der Waals surface area contributed by atoms with Crippen molar-refractivity contribution >= 4 is 5.91 Å². The maximum Gasteiger partial charge on any atom is 0.226 e. The maximum atomic E-state index is 13.3. The van der Waals surface area contributed by atoms with Gasteiger partial charge >= 0.3 is 0 Å². The third kappa shape index (κ3) is 3.91. The van der Waals surface area contributed by atoms with Crippen LogP contribution in [0.15, 0.2) is 54.6 Å². The van der Waals surface area contributed by atoms with Crippen molar-refractivity contribution in [1.82, 2.24) is 10.2 Å². The lowest BCUT2D eigenvalue weighted by molar-refractivity contribution is -0.133. The molecule has 0 aromatic heterocycles. The number of carbonyl (C=O) groups excluding carboxylic acids is 1. The standard InChI is InChI=1S/C23H27FN2O/c24-20-8-6-19(7-9-20)21-17-25-13-10-23(21)11-14-26(15-12-23)22(27)16-18-4-2-1-3-5-18/h1-9,21,25H,10-17H2/t21-/m0/s1. The lowest BCUT2D eigenvalue weighted by Crippen LogP contribution is -2.51. The number of halogens is 1. The van der Waals surface area contributed by atoms with E-state index in [1.54, 1.807) is 12.1 Å². The molecule has 0 saturated carbocycles. The van der Waals surface area contributed by atoms with E-state index in [-0.39, 0.29) is 17.1 Å². The molecule has 2 aromatic rings. The highest BCUT2D eigenvalue weighted by Crippen LogP contribution is 2.48. The van der Waals surface area contributed by atoms with Gasteiger partial charge in [-0.1, -0.05) is 42.5 Å². The van der Waals surface area contributed by atoms with Crippen LogP contribution in [0.2, 0.25) is 0 Å². The Hall–Kier alpha value is -2.20. The van der Waals surface area contributed by atoms with Crippen molar-refractivity contribution in [3.05, 3.63) is 71.5 Å². The molecular formula is C23H27FN2O. The van der Waals surface area contributed by atoms with E-state index in [0.717, 1.165) is 51.0 Å². The molecule has 1 spiro atoms. The van der Waals surface area contributed by atoms with Crippen LogP contribution >= 0.6 is 0 Å². The number of carbonyl (C=O) groups is 1. The number of hydrogen-bond donors (Lipinski definition) is 1. The van der Waals surface area contributed by atoms with Crippen LogP contribution in [0, 0.1) is 11.2 Å². The minimum atomic E-state index is -0.183. The number of benzene rings is 2. The SMILES string of the molecule is O=C(Cc1ccccc1)N1CCC2(CCNC[C@H]2c2ccc(F)cc2)CC1. The van der Waals surface area contributed by atoms with E-state index in [0.29, 0.717) is 12.3 Å². The Labute approximate surface area is 160 Å². The Balaban J connectivity index is 1.44. The molecule has 27 heavy (non-hydrogen) atoms. The quantitative estimate of drug-likeness (QED) is 0.897. The van der Waals surface area contributed by atoms with Gasteiger partial charge in [0.2, 0.25) is 5.91 Å². The van der Waals surface area contributed by atoms with Crippen molar-refractivity contribution in [2.24, 2.45) is 5.41 Å². The fraction of sp³-hybridized carbons (Fsp3) is 0.435. The van der Waals surface area contributed by atoms with Crippen molar-refractivity contribution in [3.8, 4) is 0 Å². The number of nitrogens with one attached hydrogen (secondary N) is 1. The summed E-state index contributed by atoms with van der Waals surface area (Å²) in [6, 6.07) is 17.0. The summed E-state index contributed by atoms with van der Waals surface area (Å²) in [6.07, 6.45) is 3.65. The van der Waals surface area contributed by atoms with Crippen LogP contribution in [0.5, 0.6) is 0 Å². The first-order valence-electron chi connectivity index (χ1n) is 9.94. The Kier molecular flexibility index (Phi) is 5.26. The molecule has 1 atom stereocenters. The number of piperidine rings is 2. The van der Waals surface area contributed by atoms with E-state index < -0.39 is 0 Å². The summed E-state index contributed by atoms with van der Waals surface area (Å²) >= 11 is 0. The summed E-state index contributed by atoms with van der Waals surface area (Å²) in [5.41, 5.74) is 2.51. The van der Waals surface area contributed by atoms with Crippen LogP contribution in [-0.4, -0.2) is 37.0 Å². The van der Waals surface area contributed by atoms with E-state index in [4.69, 9.17) is 0 Å². The molecule has 2 saturated heterocycles. The molecule has 0 bridgehead atoms. The van der Waals surface area contributed by atoms with Crippen LogP contribution in [0.3, 0.4) is 0 Å². The van der Waals surface area contributed by atoms with Gasteiger partial charge in [-0.15, -0.1) is 0 Å². The lowest BCUT2D eigenvalue weighted by Gasteiger charge is -2.49. The van der Waals surface area contributed by atoms with E-state index in [2.05, 4.69) is 5.32 Å². The molecule has 0 radical (unpaired) electrons. The molecule has 1 amide bonds. The van der Waals surface area contributed by atoms with Gasteiger partial charge in [0, 0.05) is 25.6 Å². The molecule has 3 nitrogen and oxygen atoms in total. The van der Waals surface area contributed by atoms with Crippen molar-refractivity contribution in [2.75, 3.05) is 26.2 Å². The molecule has 2 heterocycles. The van der Waals surface area contributed by atoms with Gasteiger partial charge in [0.25, 0.3) is 0 Å². The average molecular weight is 366 g/mol. The third-order valence-electron chi connectivity index (χ3n) is 6.47. The molecule has 1 N–H and O–H groups in total. The zero-order chi connectivity index (χ0) is 18.7. The highest BCUT2D eigenvalue weighted by molar-refractivity contribution is 5.78. The minimum absolute atomic E-state index is 0.183. The Morgan fingerprint density at radius 2 is 1.74 bits per heavy atom. The lowest BCUT2D eigenvalue weighted by atomic mass is 9.62. The zero-order valence-electron chi connectivity index (χ0n) is 15.7. The summed E-state index contributed by atoms with van der Waals surface area (Å²) in [4.78, 5) is 14.7. The highest BCUT2D eigenvalue weighted by Gasteiger charge is 2.44. The van der Waals surface area contributed by atoms with E-state index in [1.807, 2.05) is 47.4 Å². The van der Waals surface area contributed by atoms with E-state index in [9.17, 15) is 9.18 Å². The number of nitrogens with zero attached hydrogens (tertiary/aromatic N) is 1.